The molecule has 0 unspecified atom stereocenters. The van der Waals surface area contributed by atoms with Crippen LogP contribution in [0.5, 0.6) is 0 Å². The second-order valence-electron chi connectivity index (χ2n) is 5.67. The maximum atomic E-state index is 10.3. The van der Waals surface area contributed by atoms with Crippen LogP contribution >= 0.6 is 0 Å². The van der Waals surface area contributed by atoms with Gasteiger partial charge in [-0.1, -0.05) is 55.3 Å². The first-order valence-corrected chi connectivity index (χ1v) is 7.17. The third-order valence-electron chi connectivity index (χ3n) is 4.18. The van der Waals surface area contributed by atoms with Gasteiger partial charge in [0, 0.05) is 13.1 Å². The van der Waals surface area contributed by atoms with Gasteiger partial charge in [-0.2, -0.15) is 0 Å². The minimum Gasteiger partial charge on any atom is -0.389 e. The third-order valence-corrected chi connectivity index (χ3v) is 4.18. The van der Waals surface area contributed by atoms with Gasteiger partial charge in [0.15, 0.2) is 0 Å². The van der Waals surface area contributed by atoms with E-state index in [9.17, 15) is 5.11 Å². The number of fused-ring (bicyclic) bond motifs is 1. The van der Waals surface area contributed by atoms with Gasteiger partial charge in [0.05, 0.1) is 5.60 Å². The van der Waals surface area contributed by atoms with E-state index in [1.54, 1.807) is 0 Å². The summed E-state index contributed by atoms with van der Waals surface area (Å²) in [5.74, 6) is 0. The molecule has 0 atom stereocenters. The maximum absolute atomic E-state index is 10.3. The van der Waals surface area contributed by atoms with E-state index in [-0.39, 0.29) is 0 Å². The van der Waals surface area contributed by atoms with E-state index < -0.39 is 5.60 Å². The molecule has 3 rings (SSSR count). The predicted molar refractivity (Wildman–Crippen MR) is 79.1 cm³/mol. The lowest BCUT2D eigenvalue weighted by atomic mass is 10.0. The Morgan fingerprint density at radius 3 is 2.58 bits per heavy atom. The van der Waals surface area contributed by atoms with Crippen molar-refractivity contribution in [2.45, 2.75) is 37.8 Å². The Bertz CT molecular complexity index is 553. The van der Waals surface area contributed by atoms with E-state index in [1.165, 1.54) is 16.3 Å². The van der Waals surface area contributed by atoms with Crippen LogP contribution in [0, 0.1) is 0 Å². The molecule has 0 radical (unpaired) electrons. The lowest BCUT2D eigenvalue weighted by Crippen LogP contribution is -2.37. The molecule has 2 aromatic rings. The zero-order valence-electron chi connectivity index (χ0n) is 11.2. The highest BCUT2D eigenvalue weighted by molar-refractivity contribution is 5.85. The lowest BCUT2D eigenvalue weighted by Gasteiger charge is -2.22. The minimum absolute atomic E-state index is 0.468. The van der Waals surface area contributed by atoms with Gasteiger partial charge < -0.3 is 10.4 Å². The Hall–Kier alpha value is -1.38. The fourth-order valence-electron chi connectivity index (χ4n) is 3.09. The summed E-state index contributed by atoms with van der Waals surface area (Å²) in [4.78, 5) is 0. The van der Waals surface area contributed by atoms with Gasteiger partial charge in [-0.3, -0.25) is 0 Å². The molecule has 2 nitrogen and oxygen atoms in total. The zero-order valence-corrected chi connectivity index (χ0v) is 11.2. The molecule has 0 aromatic heterocycles. The molecule has 1 aliphatic rings. The minimum atomic E-state index is -0.468. The van der Waals surface area contributed by atoms with Crippen molar-refractivity contribution in [1.82, 2.24) is 5.32 Å². The summed E-state index contributed by atoms with van der Waals surface area (Å²) in [7, 11) is 0. The summed E-state index contributed by atoms with van der Waals surface area (Å²) in [6.45, 7) is 1.53. The van der Waals surface area contributed by atoms with E-state index in [1.807, 2.05) is 0 Å². The molecule has 0 aliphatic heterocycles. The number of rotatable bonds is 4. The summed E-state index contributed by atoms with van der Waals surface area (Å²) in [5, 5.41) is 16.3. The highest BCUT2D eigenvalue weighted by Crippen LogP contribution is 2.28. The van der Waals surface area contributed by atoms with Gasteiger partial charge >= 0.3 is 0 Å². The van der Waals surface area contributed by atoms with Crippen molar-refractivity contribution in [3.05, 3.63) is 48.0 Å². The van der Waals surface area contributed by atoms with Crippen molar-refractivity contribution in [1.29, 1.82) is 0 Å². The van der Waals surface area contributed by atoms with Gasteiger partial charge in [-0.25, -0.2) is 0 Å². The topological polar surface area (TPSA) is 32.3 Å². The fourth-order valence-corrected chi connectivity index (χ4v) is 3.09. The average molecular weight is 255 g/mol. The van der Waals surface area contributed by atoms with Crippen molar-refractivity contribution in [2.75, 3.05) is 6.54 Å². The first-order chi connectivity index (χ1) is 9.27. The second-order valence-corrected chi connectivity index (χ2v) is 5.67. The highest BCUT2D eigenvalue weighted by Gasteiger charge is 2.30. The summed E-state index contributed by atoms with van der Waals surface area (Å²) < 4.78 is 0. The molecule has 1 saturated carbocycles. The monoisotopic (exact) mass is 255 g/mol. The Kier molecular flexibility index (Phi) is 3.54. The van der Waals surface area contributed by atoms with Crippen LogP contribution in [0.4, 0.5) is 0 Å². The first-order valence-electron chi connectivity index (χ1n) is 7.17. The SMILES string of the molecule is OC1(CNCc2cccc3ccccc23)CCCC1. The molecule has 0 bridgehead atoms. The van der Waals surface area contributed by atoms with Gasteiger partial charge in [-0.05, 0) is 29.2 Å². The van der Waals surface area contributed by atoms with Crippen LogP contribution in [-0.2, 0) is 6.54 Å². The van der Waals surface area contributed by atoms with Crippen molar-refractivity contribution >= 4 is 10.8 Å². The van der Waals surface area contributed by atoms with E-state index in [0.29, 0.717) is 6.54 Å². The molecule has 1 fully saturated rings. The summed E-state index contributed by atoms with van der Waals surface area (Å²) in [6.07, 6.45) is 4.20. The van der Waals surface area contributed by atoms with Gasteiger partial charge in [-0.15, -0.1) is 0 Å². The number of nitrogens with one attached hydrogen (secondary N) is 1. The normalized spacial score (nSPS) is 17.9. The second kappa shape index (κ2) is 5.32. The van der Waals surface area contributed by atoms with E-state index in [4.69, 9.17) is 0 Å². The Morgan fingerprint density at radius 2 is 1.74 bits per heavy atom. The molecule has 2 aromatic carbocycles. The van der Waals surface area contributed by atoms with E-state index in [0.717, 1.165) is 32.2 Å². The van der Waals surface area contributed by atoms with Gasteiger partial charge in [0.2, 0.25) is 0 Å². The van der Waals surface area contributed by atoms with Crippen LogP contribution in [0.2, 0.25) is 0 Å². The third kappa shape index (κ3) is 2.80. The number of hydrogen-bond acceptors (Lipinski definition) is 2. The fraction of sp³-hybridized carbons (Fsp3) is 0.412. The molecule has 0 heterocycles. The number of aliphatic hydroxyl groups is 1. The molecular weight excluding hydrogens is 234 g/mol. The lowest BCUT2D eigenvalue weighted by molar-refractivity contribution is 0.0475. The quantitative estimate of drug-likeness (QED) is 0.879. The largest absolute Gasteiger partial charge is 0.389 e. The summed E-state index contributed by atoms with van der Waals surface area (Å²) >= 11 is 0. The van der Waals surface area contributed by atoms with Gasteiger partial charge in [0.1, 0.15) is 0 Å². The standard InChI is InChI=1S/C17H21NO/c19-17(10-3-4-11-17)13-18-12-15-8-5-7-14-6-1-2-9-16(14)15/h1-2,5-9,18-19H,3-4,10-13H2. The highest BCUT2D eigenvalue weighted by atomic mass is 16.3. The molecule has 1 aliphatic carbocycles. The number of benzene rings is 2. The van der Waals surface area contributed by atoms with Crippen molar-refractivity contribution < 1.29 is 5.11 Å². The molecule has 0 amide bonds. The maximum Gasteiger partial charge on any atom is 0.0771 e. The average Bonchev–Trinajstić information content (AvgIpc) is 2.86. The molecule has 100 valence electrons. The van der Waals surface area contributed by atoms with E-state index in [2.05, 4.69) is 47.8 Å². The zero-order chi connectivity index (χ0) is 13.1. The smallest absolute Gasteiger partial charge is 0.0771 e. The van der Waals surface area contributed by atoms with E-state index >= 15 is 0 Å². The van der Waals surface area contributed by atoms with Crippen molar-refractivity contribution in [3.63, 3.8) is 0 Å². The molecule has 19 heavy (non-hydrogen) atoms. The molecule has 0 spiro atoms. The van der Waals surface area contributed by atoms with Crippen LogP contribution < -0.4 is 5.32 Å². The number of hydrogen-bond donors (Lipinski definition) is 2. The van der Waals surface area contributed by atoms with Crippen LogP contribution in [0.15, 0.2) is 42.5 Å². The first kappa shape index (κ1) is 12.6. The van der Waals surface area contributed by atoms with Crippen LogP contribution in [0.3, 0.4) is 0 Å². The van der Waals surface area contributed by atoms with Crippen molar-refractivity contribution in [2.24, 2.45) is 0 Å². The van der Waals surface area contributed by atoms with Gasteiger partial charge in [0.25, 0.3) is 0 Å². The molecule has 2 N–H and O–H groups in total. The Balaban J connectivity index is 1.68. The summed E-state index contributed by atoms with van der Waals surface area (Å²) in [5.41, 5.74) is 0.838. The van der Waals surface area contributed by atoms with Crippen LogP contribution in [0.1, 0.15) is 31.2 Å². The van der Waals surface area contributed by atoms with Crippen LogP contribution in [-0.4, -0.2) is 17.3 Å². The van der Waals surface area contributed by atoms with Crippen molar-refractivity contribution in [3.8, 4) is 0 Å². The summed E-state index contributed by atoms with van der Waals surface area (Å²) in [6, 6.07) is 14.9. The van der Waals surface area contributed by atoms with Crippen LogP contribution in [0.25, 0.3) is 10.8 Å². The Labute approximate surface area is 114 Å². The predicted octanol–water partition coefficient (Wildman–Crippen LogP) is 3.23. The molecule has 0 saturated heterocycles. The Morgan fingerprint density at radius 1 is 1.00 bits per heavy atom. The molecule has 2 heteroatoms. The molecular formula is C17H21NO.